The van der Waals surface area contributed by atoms with Gasteiger partial charge in [0.15, 0.2) is 0 Å². The van der Waals surface area contributed by atoms with Crippen LogP contribution in [0, 0.1) is 58.2 Å². The summed E-state index contributed by atoms with van der Waals surface area (Å²) in [5.41, 5.74) is 1.28. The molecule has 0 amide bonds. The Balaban J connectivity index is 1.73. The van der Waals surface area contributed by atoms with Crippen molar-refractivity contribution < 1.29 is 0 Å². The number of hydrogen-bond donors (Lipinski definition) is 0. The van der Waals surface area contributed by atoms with E-state index in [2.05, 4.69) is 55.4 Å². The fourth-order valence-electron chi connectivity index (χ4n) is 9.35. The van der Waals surface area contributed by atoms with Gasteiger partial charge in [0.05, 0.1) is 0 Å². The lowest BCUT2D eigenvalue weighted by Gasteiger charge is -2.47. The van der Waals surface area contributed by atoms with Gasteiger partial charge in [-0.2, -0.15) is 0 Å². The Hall–Kier alpha value is 0. The summed E-state index contributed by atoms with van der Waals surface area (Å²) < 4.78 is 0. The second-order valence-electron chi connectivity index (χ2n) is 14.1. The van der Waals surface area contributed by atoms with E-state index in [-0.39, 0.29) is 0 Å². The average Bonchev–Trinajstić information content (AvgIpc) is 3.56. The van der Waals surface area contributed by atoms with Crippen molar-refractivity contribution in [2.24, 2.45) is 58.2 Å². The molecule has 0 bridgehead atoms. The lowest BCUT2D eigenvalue weighted by molar-refractivity contribution is 0.0225. The van der Waals surface area contributed by atoms with Crippen LogP contribution in [0.3, 0.4) is 0 Å². The molecular formula is C33H62. The molecular weight excluding hydrogens is 396 g/mol. The van der Waals surface area contributed by atoms with Crippen LogP contribution in [0.15, 0.2) is 0 Å². The SMILES string of the molecule is CCCCC(C)(C1CCCC(C)C(CC)C1)C(C)C(CC)CCC12CC1CCC(C)CC2C. The Bertz CT molecular complexity index is 579. The number of fused-ring (bicyclic) bond motifs is 1. The van der Waals surface area contributed by atoms with Crippen molar-refractivity contribution >= 4 is 0 Å². The summed E-state index contributed by atoms with van der Waals surface area (Å²) in [6.45, 7) is 20.6. The maximum absolute atomic E-state index is 2.76. The highest BCUT2D eigenvalue weighted by atomic mass is 14.6. The van der Waals surface area contributed by atoms with Gasteiger partial charge in [0.2, 0.25) is 0 Å². The molecule has 0 aromatic heterocycles. The third-order valence-electron chi connectivity index (χ3n) is 12.4. The molecule has 33 heavy (non-hydrogen) atoms. The monoisotopic (exact) mass is 458 g/mol. The zero-order valence-electron chi connectivity index (χ0n) is 24.2. The first-order chi connectivity index (χ1) is 15.7. The van der Waals surface area contributed by atoms with Crippen molar-refractivity contribution in [3.63, 3.8) is 0 Å². The van der Waals surface area contributed by atoms with Crippen LogP contribution in [0.5, 0.6) is 0 Å². The van der Waals surface area contributed by atoms with Crippen LogP contribution in [0.2, 0.25) is 0 Å². The maximum atomic E-state index is 2.76. The van der Waals surface area contributed by atoms with Crippen LogP contribution >= 0.6 is 0 Å². The zero-order chi connectivity index (χ0) is 24.2. The zero-order valence-corrected chi connectivity index (χ0v) is 24.2. The fourth-order valence-corrected chi connectivity index (χ4v) is 9.35. The van der Waals surface area contributed by atoms with Crippen molar-refractivity contribution in [3.05, 3.63) is 0 Å². The highest BCUT2D eigenvalue weighted by molar-refractivity contribution is 5.07. The van der Waals surface area contributed by atoms with Gasteiger partial charge in [0, 0.05) is 0 Å². The molecule has 10 unspecified atom stereocenters. The van der Waals surface area contributed by atoms with Crippen LogP contribution in [0.4, 0.5) is 0 Å². The Labute approximate surface area is 209 Å². The normalized spacial score (nSPS) is 40.7. The van der Waals surface area contributed by atoms with Gasteiger partial charge in [-0.05, 0) is 110 Å². The number of unbranched alkanes of at least 4 members (excludes halogenated alkanes) is 1. The summed E-state index contributed by atoms with van der Waals surface area (Å²) >= 11 is 0. The standard InChI is InChI=1S/C33H62/c1-9-12-19-32(8,30-15-13-14-25(5)29(11-3)22-30)27(7)28(10-2)18-20-33-23-31(33)17-16-24(4)21-26(33)6/h24-31H,9-23H2,1-8H3. The van der Waals surface area contributed by atoms with E-state index >= 15 is 0 Å². The molecule has 0 heterocycles. The van der Waals surface area contributed by atoms with E-state index in [1.165, 1.54) is 89.9 Å². The summed E-state index contributed by atoms with van der Waals surface area (Å²) in [4.78, 5) is 0. The van der Waals surface area contributed by atoms with Crippen LogP contribution < -0.4 is 0 Å². The Morgan fingerprint density at radius 2 is 1.73 bits per heavy atom. The first kappa shape index (κ1) is 27.6. The lowest BCUT2D eigenvalue weighted by atomic mass is 9.58. The minimum Gasteiger partial charge on any atom is -0.0654 e. The van der Waals surface area contributed by atoms with Gasteiger partial charge in [-0.25, -0.2) is 0 Å². The summed E-state index contributed by atoms with van der Waals surface area (Å²) in [5.74, 6) is 7.66. The van der Waals surface area contributed by atoms with Gasteiger partial charge in [-0.3, -0.25) is 0 Å². The van der Waals surface area contributed by atoms with Crippen LogP contribution in [0.1, 0.15) is 152 Å². The molecule has 3 rings (SSSR count). The summed E-state index contributed by atoms with van der Waals surface area (Å²) in [5, 5.41) is 0. The highest BCUT2D eigenvalue weighted by Gasteiger charge is 2.57. The molecule has 0 aliphatic heterocycles. The second-order valence-corrected chi connectivity index (χ2v) is 14.1. The minimum atomic E-state index is 0.540. The van der Waals surface area contributed by atoms with E-state index in [1.807, 2.05) is 0 Å². The molecule has 0 spiro atoms. The molecule has 3 saturated carbocycles. The number of hydrogen-bond acceptors (Lipinski definition) is 0. The largest absolute Gasteiger partial charge is 0.0654 e. The van der Waals surface area contributed by atoms with Crippen molar-refractivity contribution in [2.45, 2.75) is 152 Å². The molecule has 0 heteroatoms. The molecule has 0 nitrogen and oxygen atoms in total. The molecule has 0 saturated heterocycles. The van der Waals surface area contributed by atoms with Crippen molar-refractivity contribution in [3.8, 4) is 0 Å². The van der Waals surface area contributed by atoms with Gasteiger partial charge in [0.1, 0.15) is 0 Å². The predicted molar refractivity (Wildman–Crippen MR) is 147 cm³/mol. The van der Waals surface area contributed by atoms with Gasteiger partial charge >= 0.3 is 0 Å². The fraction of sp³-hybridized carbons (Fsp3) is 1.00. The molecule has 0 N–H and O–H groups in total. The molecule has 194 valence electrons. The molecule has 3 fully saturated rings. The Morgan fingerprint density at radius 1 is 0.970 bits per heavy atom. The second kappa shape index (κ2) is 11.8. The van der Waals surface area contributed by atoms with E-state index in [9.17, 15) is 0 Å². The van der Waals surface area contributed by atoms with E-state index < -0.39 is 0 Å². The molecule has 0 aromatic carbocycles. The summed E-state index contributed by atoms with van der Waals surface area (Å²) in [7, 11) is 0. The molecule has 0 radical (unpaired) electrons. The predicted octanol–water partition coefficient (Wildman–Crippen LogP) is 10.9. The van der Waals surface area contributed by atoms with Crippen LogP contribution in [0.25, 0.3) is 0 Å². The molecule has 3 aliphatic carbocycles. The van der Waals surface area contributed by atoms with E-state index in [4.69, 9.17) is 0 Å². The Kier molecular flexibility index (Phi) is 9.88. The minimum absolute atomic E-state index is 0.540. The van der Waals surface area contributed by atoms with Gasteiger partial charge in [-0.1, -0.05) is 100 Å². The number of rotatable bonds is 11. The van der Waals surface area contributed by atoms with Crippen molar-refractivity contribution in [2.75, 3.05) is 0 Å². The van der Waals surface area contributed by atoms with Gasteiger partial charge in [0.25, 0.3) is 0 Å². The quantitative estimate of drug-likeness (QED) is 0.270. The molecule has 3 aliphatic rings. The van der Waals surface area contributed by atoms with Crippen molar-refractivity contribution in [1.82, 2.24) is 0 Å². The van der Waals surface area contributed by atoms with E-state index in [0.717, 1.165) is 52.8 Å². The molecule has 10 atom stereocenters. The van der Waals surface area contributed by atoms with Gasteiger partial charge < -0.3 is 0 Å². The summed E-state index contributed by atoms with van der Waals surface area (Å²) in [6, 6.07) is 0. The Morgan fingerprint density at radius 3 is 2.39 bits per heavy atom. The third kappa shape index (κ3) is 6.05. The maximum Gasteiger partial charge on any atom is -0.0240 e. The first-order valence-corrected chi connectivity index (χ1v) is 15.7. The van der Waals surface area contributed by atoms with Gasteiger partial charge in [-0.15, -0.1) is 0 Å². The first-order valence-electron chi connectivity index (χ1n) is 15.7. The topological polar surface area (TPSA) is 0 Å². The smallest absolute Gasteiger partial charge is 0.0240 e. The highest BCUT2D eigenvalue weighted by Crippen LogP contribution is 2.66. The van der Waals surface area contributed by atoms with Crippen LogP contribution in [-0.4, -0.2) is 0 Å². The third-order valence-corrected chi connectivity index (χ3v) is 12.4. The van der Waals surface area contributed by atoms with E-state index in [1.54, 1.807) is 6.42 Å². The van der Waals surface area contributed by atoms with E-state index in [0.29, 0.717) is 5.41 Å². The lowest BCUT2D eigenvalue weighted by Crippen LogP contribution is -2.39. The van der Waals surface area contributed by atoms with Crippen molar-refractivity contribution in [1.29, 1.82) is 0 Å². The molecule has 0 aromatic rings. The summed E-state index contributed by atoms with van der Waals surface area (Å²) in [6.07, 6.45) is 22.2. The van der Waals surface area contributed by atoms with Crippen LogP contribution in [-0.2, 0) is 0 Å². The average molecular weight is 459 g/mol.